The summed E-state index contributed by atoms with van der Waals surface area (Å²) in [5.74, 6) is 0. The smallest absolute Gasteiger partial charge is 0.202 e. The summed E-state index contributed by atoms with van der Waals surface area (Å²) in [5.41, 5.74) is 2.72. The van der Waals surface area contributed by atoms with Crippen LogP contribution < -0.4 is 4.72 Å². The number of hydrogen-bond donors (Lipinski definition) is 1. The first-order chi connectivity index (χ1) is 9.13. The molecule has 0 saturated carbocycles. The van der Waals surface area contributed by atoms with E-state index in [2.05, 4.69) is 49.8 Å². The van der Waals surface area contributed by atoms with Crippen LogP contribution in [0.5, 0.6) is 0 Å². The number of benzene rings is 1. The number of rotatable bonds is 6. The summed E-state index contributed by atoms with van der Waals surface area (Å²) < 4.78 is 26.8. The van der Waals surface area contributed by atoms with Crippen molar-refractivity contribution >= 4 is 10.2 Å². The van der Waals surface area contributed by atoms with Gasteiger partial charge in [-0.15, -0.1) is 0 Å². The Hall–Kier alpha value is -0.910. The van der Waals surface area contributed by atoms with Crippen molar-refractivity contribution in [3.63, 3.8) is 0 Å². The molecule has 0 bridgehead atoms. The molecule has 114 valence electrons. The van der Waals surface area contributed by atoms with Gasteiger partial charge in [0.05, 0.1) is 0 Å². The lowest BCUT2D eigenvalue weighted by Crippen LogP contribution is -2.36. The molecule has 20 heavy (non-hydrogen) atoms. The highest BCUT2D eigenvalue weighted by Gasteiger charge is 2.13. The van der Waals surface area contributed by atoms with Crippen LogP contribution in [-0.2, 0) is 22.0 Å². The minimum Gasteiger partial charge on any atom is -0.202 e. The van der Waals surface area contributed by atoms with Crippen LogP contribution in [-0.4, -0.2) is 33.4 Å². The van der Waals surface area contributed by atoms with E-state index >= 15 is 0 Å². The maximum atomic E-state index is 11.5. The Labute approximate surface area is 123 Å². The van der Waals surface area contributed by atoms with Gasteiger partial charge in [0.25, 0.3) is 10.2 Å². The first-order valence-corrected chi connectivity index (χ1v) is 8.33. The van der Waals surface area contributed by atoms with Crippen LogP contribution in [0.4, 0.5) is 0 Å². The second kappa shape index (κ2) is 6.70. The highest BCUT2D eigenvalue weighted by Crippen LogP contribution is 2.22. The molecular weight excluding hydrogens is 272 g/mol. The van der Waals surface area contributed by atoms with E-state index in [0.29, 0.717) is 6.54 Å². The molecule has 0 aliphatic heterocycles. The van der Waals surface area contributed by atoms with Crippen LogP contribution in [0.2, 0.25) is 0 Å². The van der Waals surface area contributed by atoms with Gasteiger partial charge in [0.2, 0.25) is 0 Å². The van der Waals surface area contributed by atoms with Gasteiger partial charge in [0.1, 0.15) is 0 Å². The SMILES string of the molecule is CN(C)S(=O)(=O)NCCCc1ccc(C(C)(C)C)cc1. The van der Waals surface area contributed by atoms with Crippen LogP contribution in [0, 0.1) is 0 Å². The number of aryl methyl sites for hydroxylation is 1. The van der Waals surface area contributed by atoms with E-state index in [1.54, 1.807) is 0 Å². The zero-order chi connectivity index (χ0) is 15.4. The summed E-state index contributed by atoms with van der Waals surface area (Å²) in [7, 11) is -0.253. The minimum atomic E-state index is -3.30. The molecule has 0 unspecified atom stereocenters. The maximum absolute atomic E-state index is 11.5. The fourth-order valence-corrected chi connectivity index (χ4v) is 2.45. The highest BCUT2D eigenvalue weighted by atomic mass is 32.2. The number of hydrogen-bond acceptors (Lipinski definition) is 2. The van der Waals surface area contributed by atoms with Gasteiger partial charge in [0, 0.05) is 20.6 Å². The summed E-state index contributed by atoms with van der Waals surface area (Å²) >= 11 is 0. The normalized spacial score (nSPS) is 12.9. The summed E-state index contributed by atoms with van der Waals surface area (Å²) in [6, 6.07) is 8.56. The predicted molar refractivity (Wildman–Crippen MR) is 84.1 cm³/mol. The molecule has 0 atom stereocenters. The summed E-state index contributed by atoms with van der Waals surface area (Å²) in [5, 5.41) is 0. The van der Waals surface area contributed by atoms with Crippen LogP contribution >= 0.6 is 0 Å². The van der Waals surface area contributed by atoms with Gasteiger partial charge in [0.15, 0.2) is 0 Å². The Balaban J connectivity index is 2.44. The highest BCUT2D eigenvalue weighted by molar-refractivity contribution is 7.87. The molecule has 0 aliphatic carbocycles. The average Bonchev–Trinajstić information content (AvgIpc) is 2.34. The Bertz CT molecular complexity index is 514. The summed E-state index contributed by atoms with van der Waals surface area (Å²) in [4.78, 5) is 0. The number of nitrogens with one attached hydrogen (secondary N) is 1. The minimum absolute atomic E-state index is 0.167. The fourth-order valence-electron chi connectivity index (χ4n) is 1.79. The maximum Gasteiger partial charge on any atom is 0.278 e. The monoisotopic (exact) mass is 298 g/mol. The third-order valence-corrected chi connectivity index (χ3v) is 4.76. The van der Waals surface area contributed by atoms with Gasteiger partial charge in [-0.2, -0.15) is 12.7 Å². The molecule has 0 heterocycles. The van der Waals surface area contributed by atoms with Gasteiger partial charge >= 0.3 is 0 Å². The van der Waals surface area contributed by atoms with Crippen molar-refractivity contribution in [3.8, 4) is 0 Å². The van der Waals surface area contributed by atoms with Crippen LogP contribution in [0.3, 0.4) is 0 Å². The molecule has 0 spiro atoms. The van der Waals surface area contributed by atoms with Crippen molar-refractivity contribution < 1.29 is 8.42 Å². The van der Waals surface area contributed by atoms with Crippen molar-refractivity contribution in [1.29, 1.82) is 0 Å². The third kappa shape index (κ3) is 5.23. The molecule has 4 nitrogen and oxygen atoms in total. The van der Waals surface area contributed by atoms with Gasteiger partial charge < -0.3 is 0 Å². The van der Waals surface area contributed by atoms with Gasteiger partial charge in [-0.05, 0) is 29.4 Å². The van der Waals surface area contributed by atoms with Crippen LogP contribution in [0.25, 0.3) is 0 Å². The standard InChI is InChI=1S/C15H26N2O2S/c1-15(2,3)14-10-8-13(9-11-14)7-6-12-16-20(18,19)17(4)5/h8-11,16H,6-7,12H2,1-5H3. The third-order valence-electron chi connectivity index (χ3n) is 3.23. The summed E-state index contributed by atoms with van der Waals surface area (Å²) in [6.07, 6.45) is 1.67. The van der Waals surface area contributed by atoms with Crippen molar-refractivity contribution in [3.05, 3.63) is 35.4 Å². The molecule has 1 rings (SSSR count). The van der Waals surface area contributed by atoms with Crippen molar-refractivity contribution in [2.24, 2.45) is 0 Å². The molecule has 5 heteroatoms. The molecule has 1 aromatic rings. The van der Waals surface area contributed by atoms with E-state index in [-0.39, 0.29) is 5.41 Å². The molecule has 0 fully saturated rings. The fraction of sp³-hybridized carbons (Fsp3) is 0.600. The molecule has 0 aliphatic rings. The van der Waals surface area contributed by atoms with E-state index in [4.69, 9.17) is 0 Å². The van der Waals surface area contributed by atoms with Crippen LogP contribution in [0.1, 0.15) is 38.3 Å². The van der Waals surface area contributed by atoms with Crippen molar-refractivity contribution in [2.75, 3.05) is 20.6 Å². The first-order valence-electron chi connectivity index (χ1n) is 6.89. The van der Waals surface area contributed by atoms with Gasteiger partial charge in [-0.1, -0.05) is 45.0 Å². The molecule has 1 N–H and O–H groups in total. The molecule has 0 radical (unpaired) electrons. The lowest BCUT2D eigenvalue weighted by molar-refractivity contribution is 0.504. The average molecular weight is 298 g/mol. The van der Waals surface area contributed by atoms with Crippen molar-refractivity contribution in [1.82, 2.24) is 9.03 Å². The van der Waals surface area contributed by atoms with E-state index in [1.807, 2.05) is 0 Å². The first kappa shape index (κ1) is 17.1. The molecule has 1 aromatic carbocycles. The summed E-state index contributed by atoms with van der Waals surface area (Å²) in [6.45, 7) is 7.04. The van der Waals surface area contributed by atoms with E-state index in [1.165, 1.54) is 29.5 Å². The quantitative estimate of drug-likeness (QED) is 0.819. The zero-order valence-corrected chi connectivity index (χ0v) is 13.9. The second-order valence-corrected chi connectivity index (χ2v) is 8.20. The zero-order valence-electron chi connectivity index (χ0n) is 13.1. The predicted octanol–water partition coefficient (Wildman–Crippen LogP) is 2.31. The van der Waals surface area contributed by atoms with E-state index in [0.717, 1.165) is 12.8 Å². The number of nitrogens with zero attached hydrogens (tertiary/aromatic N) is 1. The topological polar surface area (TPSA) is 49.4 Å². The van der Waals surface area contributed by atoms with Gasteiger partial charge in [-0.3, -0.25) is 0 Å². The Morgan fingerprint density at radius 1 is 1.10 bits per heavy atom. The molecule has 0 aromatic heterocycles. The Kier molecular flexibility index (Phi) is 5.74. The lowest BCUT2D eigenvalue weighted by Gasteiger charge is -2.19. The lowest BCUT2D eigenvalue weighted by atomic mass is 9.86. The molecule has 0 saturated heterocycles. The Morgan fingerprint density at radius 2 is 1.65 bits per heavy atom. The second-order valence-electron chi connectivity index (χ2n) is 6.23. The molecular formula is C15H26N2O2S. The van der Waals surface area contributed by atoms with Crippen LogP contribution in [0.15, 0.2) is 24.3 Å². The van der Waals surface area contributed by atoms with E-state index < -0.39 is 10.2 Å². The van der Waals surface area contributed by atoms with Crippen molar-refractivity contribution in [2.45, 2.75) is 39.0 Å². The Morgan fingerprint density at radius 3 is 2.10 bits per heavy atom. The largest absolute Gasteiger partial charge is 0.278 e. The van der Waals surface area contributed by atoms with Gasteiger partial charge in [-0.25, -0.2) is 4.72 Å². The van der Waals surface area contributed by atoms with E-state index in [9.17, 15) is 8.42 Å². The molecule has 0 amide bonds.